The number of halogens is 2. The van der Waals surface area contributed by atoms with Crippen molar-refractivity contribution in [3.05, 3.63) is 69.2 Å². The molecule has 1 heterocycles. The van der Waals surface area contributed by atoms with Crippen molar-refractivity contribution in [3.8, 4) is 0 Å². The van der Waals surface area contributed by atoms with Crippen molar-refractivity contribution < 1.29 is 8.42 Å². The molecule has 0 aromatic heterocycles. The van der Waals surface area contributed by atoms with Gasteiger partial charge in [0.15, 0.2) is 0 Å². The van der Waals surface area contributed by atoms with E-state index in [1.807, 2.05) is 0 Å². The molecule has 1 fully saturated rings. The summed E-state index contributed by atoms with van der Waals surface area (Å²) in [6.45, 7) is 3.17. The van der Waals surface area contributed by atoms with Gasteiger partial charge >= 0.3 is 0 Å². The Morgan fingerprint density at radius 2 is 1.70 bits per heavy atom. The first-order chi connectivity index (χ1) is 12.9. The number of nitrogens with zero attached hydrogens (tertiary/aromatic N) is 1. The average Bonchev–Trinajstić information content (AvgIpc) is 3.06. The average molecular weight is 422 g/mol. The van der Waals surface area contributed by atoms with E-state index in [1.165, 1.54) is 34.4 Å². The molecule has 0 saturated carbocycles. The fraction of sp³-hybridized carbons (Fsp3) is 0.333. The lowest BCUT2D eigenvalue weighted by molar-refractivity contribution is 0.311. The molecule has 0 spiro atoms. The Kier molecular flexibility index (Phi) is 5.10. The van der Waals surface area contributed by atoms with Crippen LogP contribution in [0.1, 0.15) is 29.5 Å². The summed E-state index contributed by atoms with van der Waals surface area (Å²) in [4.78, 5) is 0.166. The molecule has 6 heteroatoms. The second-order valence-corrected chi connectivity index (χ2v) is 10.1. The molecule has 3 nitrogen and oxygen atoms in total. The fourth-order valence-corrected chi connectivity index (χ4v) is 6.38. The number of hydrogen-bond donors (Lipinski definition) is 0. The van der Waals surface area contributed by atoms with Gasteiger partial charge in [0.25, 0.3) is 0 Å². The third kappa shape index (κ3) is 3.56. The van der Waals surface area contributed by atoms with Crippen molar-refractivity contribution in [2.75, 3.05) is 13.1 Å². The van der Waals surface area contributed by atoms with E-state index in [0.29, 0.717) is 29.1 Å². The first kappa shape index (κ1) is 19.0. The van der Waals surface area contributed by atoms with Crippen LogP contribution in [0.25, 0.3) is 5.57 Å². The van der Waals surface area contributed by atoms with Crippen LogP contribution in [0.15, 0.2) is 47.4 Å². The smallest absolute Gasteiger partial charge is 0.207 e. The predicted molar refractivity (Wildman–Crippen MR) is 111 cm³/mol. The maximum absolute atomic E-state index is 13.0. The summed E-state index contributed by atoms with van der Waals surface area (Å²) >= 11 is 12.0. The van der Waals surface area contributed by atoms with Crippen LogP contribution in [0.4, 0.5) is 0 Å². The number of hydrogen-bond acceptors (Lipinski definition) is 2. The minimum atomic E-state index is -3.58. The van der Waals surface area contributed by atoms with Crippen molar-refractivity contribution in [2.45, 2.75) is 31.1 Å². The van der Waals surface area contributed by atoms with Crippen molar-refractivity contribution in [1.82, 2.24) is 4.31 Å². The van der Waals surface area contributed by atoms with Crippen LogP contribution in [0.2, 0.25) is 10.0 Å². The Bertz CT molecular complexity index is 1000. The second kappa shape index (κ2) is 7.25. The highest BCUT2D eigenvalue weighted by molar-refractivity contribution is 7.89. The quantitative estimate of drug-likeness (QED) is 0.670. The Balaban J connectivity index is 1.51. The summed E-state index contributed by atoms with van der Waals surface area (Å²) in [5, 5.41) is 0.665. The number of fused-ring (bicyclic) bond motifs is 1. The van der Waals surface area contributed by atoms with E-state index < -0.39 is 10.0 Å². The van der Waals surface area contributed by atoms with Gasteiger partial charge < -0.3 is 0 Å². The Labute approximate surface area is 170 Å². The molecule has 27 heavy (non-hydrogen) atoms. The molecular formula is C21H21Cl2NO2S. The molecular weight excluding hydrogens is 401 g/mol. The summed E-state index contributed by atoms with van der Waals surface area (Å²) in [6, 6.07) is 10.9. The van der Waals surface area contributed by atoms with Gasteiger partial charge in [-0.1, -0.05) is 47.5 Å². The summed E-state index contributed by atoms with van der Waals surface area (Å²) in [5.74, 6) is 0.405. The minimum Gasteiger partial charge on any atom is -0.207 e. The number of rotatable bonds is 3. The van der Waals surface area contributed by atoms with E-state index in [-0.39, 0.29) is 4.90 Å². The number of allylic oxidation sites excluding steroid dienone is 2. The van der Waals surface area contributed by atoms with Crippen LogP contribution in [0, 0.1) is 12.8 Å². The van der Waals surface area contributed by atoms with Crippen molar-refractivity contribution >= 4 is 38.8 Å². The number of piperidine rings is 1. The second-order valence-electron chi connectivity index (χ2n) is 7.25. The van der Waals surface area contributed by atoms with Crippen molar-refractivity contribution in [3.63, 3.8) is 0 Å². The van der Waals surface area contributed by atoms with E-state index in [2.05, 4.69) is 31.2 Å². The van der Waals surface area contributed by atoms with E-state index in [0.717, 1.165) is 19.3 Å². The molecule has 1 saturated heterocycles. The van der Waals surface area contributed by atoms with Gasteiger partial charge in [-0.3, -0.25) is 0 Å². The van der Waals surface area contributed by atoms with Gasteiger partial charge in [-0.15, -0.1) is 0 Å². The van der Waals surface area contributed by atoms with Gasteiger partial charge in [-0.2, -0.15) is 4.31 Å². The molecule has 142 valence electrons. The zero-order chi connectivity index (χ0) is 19.2. The Morgan fingerprint density at radius 1 is 1.04 bits per heavy atom. The largest absolute Gasteiger partial charge is 0.243 e. The molecule has 0 radical (unpaired) electrons. The van der Waals surface area contributed by atoms with Gasteiger partial charge in [-0.05, 0) is 72.6 Å². The van der Waals surface area contributed by atoms with Crippen LogP contribution in [0.5, 0.6) is 0 Å². The first-order valence-electron chi connectivity index (χ1n) is 9.11. The lowest BCUT2D eigenvalue weighted by Crippen LogP contribution is -2.38. The highest BCUT2D eigenvalue weighted by Gasteiger charge is 2.32. The summed E-state index contributed by atoms with van der Waals surface area (Å²) in [6.07, 6.45) is 4.96. The zero-order valence-corrected chi connectivity index (χ0v) is 17.4. The molecule has 4 rings (SSSR count). The zero-order valence-electron chi connectivity index (χ0n) is 15.1. The SMILES string of the molecule is Cc1cccc2c1CC=C2C1CCN(S(=O)(=O)c2cc(Cl)cc(Cl)c2)CC1. The lowest BCUT2D eigenvalue weighted by Gasteiger charge is -2.32. The normalized spacial score (nSPS) is 18.4. The summed E-state index contributed by atoms with van der Waals surface area (Å²) in [5.41, 5.74) is 5.47. The minimum absolute atomic E-state index is 0.166. The lowest BCUT2D eigenvalue weighted by atomic mass is 9.86. The van der Waals surface area contributed by atoms with Crippen molar-refractivity contribution in [1.29, 1.82) is 0 Å². The molecule has 0 N–H and O–H groups in total. The predicted octanol–water partition coefficient (Wildman–Crippen LogP) is 5.34. The van der Waals surface area contributed by atoms with E-state index in [9.17, 15) is 8.42 Å². The molecule has 1 aliphatic heterocycles. The van der Waals surface area contributed by atoms with Crippen LogP contribution in [-0.4, -0.2) is 25.8 Å². The van der Waals surface area contributed by atoms with Gasteiger partial charge in [0, 0.05) is 23.1 Å². The maximum atomic E-state index is 13.0. The van der Waals surface area contributed by atoms with Crippen LogP contribution >= 0.6 is 23.2 Å². The van der Waals surface area contributed by atoms with Gasteiger partial charge in [0.05, 0.1) is 4.90 Å². The van der Waals surface area contributed by atoms with E-state index >= 15 is 0 Å². The maximum Gasteiger partial charge on any atom is 0.243 e. The highest BCUT2D eigenvalue weighted by Crippen LogP contribution is 2.39. The molecule has 0 amide bonds. The van der Waals surface area contributed by atoms with Gasteiger partial charge in [-0.25, -0.2) is 8.42 Å². The molecule has 0 atom stereocenters. The molecule has 0 unspecified atom stereocenters. The van der Waals surface area contributed by atoms with Gasteiger partial charge in [0.2, 0.25) is 10.0 Å². The molecule has 0 bridgehead atoms. The Morgan fingerprint density at radius 3 is 2.37 bits per heavy atom. The molecule has 2 aromatic carbocycles. The Hall–Kier alpha value is -1.33. The van der Waals surface area contributed by atoms with Gasteiger partial charge in [0.1, 0.15) is 0 Å². The monoisotopic (exact) mass is 421 g/mol. The highest BCUT2D eigenvalue weighted by atomic mass is 35.5. The summed E-state index contributed by atoms with van der Waals surface area (Å²) < 4.78 is 27.5. The van der Waals surface area contributed by atoms with E-state index in [1.54, 1.807) is 10.4 Å². The third-order valence-corrected chi connectivity index (χ3v) is 7.93. The number of sulfonamides is 1. The number of aryl methyl sites for hydroxylation is 1. The first-order valence-corrected chi connectivity index (χ1v) is 11.3. The third-order valence-electron chi connectivity index (χ3n) is 5.61. The topological polar surface area (TPSA) is 37.4 Å². The van der Waals surface area contributed by atoms with Crippen LogP contribution in [0.3, 0.4) is 0 Å². The van der Waals surface area contributed by atoms with Crippen LogP contribution < -0.4 is 0 Å². The fourth-order valence-electron chi connectivity index (χ4n) is 4.19. The molecule has 1 aliphatic carbocycles. The van der Waals surface area contributed by atoms with Crippen molar-refractivity contribution in [2.24, 2.45) is 5.92 Å². The standard InChI is InChI=1S/C21H21Cl2NO2S/c1-14-3-2-4-21-19(14)5-6-20(21)15-7-9-24(10-8-15)27(25,26)18-12-16(22)11-17(23)13-18/h2-4,6,11-13,15H,5,7-10H2,1H3. The van der Waals surface area contributed by atoms with E-state index in [4.69, 9.17) is 23.2 Å². The van der Waals surface area contributed by atoms with Crippen LogP contribution in [-0.2, 0) is 16.4 Å². The molecule has 2 aliphatic rings. The molecule has 2 aromatic rings. The summed E-state index contributed by atoms with van der Waals surface area (Å²) in [7, 11) is -3.58. The number of benzene rings is 2.